The fraction of sp³-hybridized carbons (Fsp3) is 0.333. The Balaban J connectivity index is 1.62. The van der Waals surface area contributed by atoms with Gasteiger partial charge < -0.3 is 19.7 Å². The minimum Gasteiger partial charge on any atom is -0.497 e. The zero-order valence-corrected chi connectivity index (χ0v) is 15.7. The van der Waals surface area contributed by atoms with Crippen molar-refractivity contribution < 1.29 is 24.0 Å². The monoisotopic (exact) mass is 369 g/mol. The number of rotatable bonds is 6. The van der Waals surface area contributed by atoms with Gasteiger partial charge in [0, 0.05) is 18.5 Å². The Bertz CT molecular complexity index is 804. The van der Waals surface area contributed by atoms with E-state index >= 15 is 0 Å². The fourth-order valence-electron chi connectivity index (χ4n) is 3.45. The number of quaternary nitrogens is 1. The number of hydrogen-bond acceptors (Lipinski definition) is 4. The van der Waals surface area contributed by atoms with Crippen molar-refractivity contribution in [2.75, 3.05) is 20.8 Å². The van der Waals surface area contributed by atoms with Crippen LogP contribution in [0, 0.1) is 0 Å². The molecule has 1 unspecified atom stereocenters. The summed E-state index contributed by atoms with van der Waals surface area (Å²) >= 11 is 0. The van der Waals surface area contributed by atoms with Crippen LogP contribution >= 0.6 is 0 Å². The number of hydrogen-bond donors (Lipinski definition) is 2. The molecule has 0 bridgehead atoms. The first kappa shape index (κ1) is 18.9. The molecule has 0 saturated heterocycles. The minimum absolute atomic E-state index is 0.0888. The molecule has 1 aliphatic rings. The summed E-state index contributed by atoms with van der Waals surface area (Å²) in [6.07, 6.45) is 0.587. The van der Waals surface area contributed by atoms with E-state index in [-0.39, 0.29) is 24.5 Å². The van der Waals surface area contributed by atoms with Gasteiger partial charge in [-0.1, -0.05) is 36.4 Å². The predicted molar refractivity (Wildman–Crippen MR) is 100 cm³/mol. The van der Waals surface area contributed by atoms with Crippen LogP contribution in [-0.2, 0) is 33.8 Å². The van der Waals surface area contributed by atoms with Crippen LogP contribution < -0.4 is 15.0 Å². The molecule has 3 rings (SSSR count). The van der Waals surface area contributed by atoms with E-state index in [4.69, 9.17) is 9.47 Å². The molecule has 1 heterocycles. The van der Waals surface area contributed by atoms with Crippen LogP contribution in [0.2, 0.25) is 0 Å². The van der Waals surface area contributed by atoms with Crippen molar-refractivity contribution in [3.05, 3.63) is 65.2 Å². The molecule has 6 nitrogen and oxygen atoms in total. The highest BCUT2D eigenvalue weighted by Gasteiger charge is 2.36. The normalized spacial score (nSPS) is 18.3. The molecule has 0 aromatic heterocycles. The van der Waals surface area contributed by atoms with Crippen LogP contribution in [0.4, 0.5) is 0 Å². The predicted octanol–water partition coefficient (Wildman–Crippen LogP) is 0.494. The molecular formula is C21H25N2O4+. The van der Waals surface area contributed by atoms with Gasteiger partial charge in [0.2, 0.25) is 0 Å². The summed E-state index contributed by atoms with van der Waals surface area (Å²) < 4.78 is 10.1. The maximum Gasteiger partial charge on any atom is 0.365 e. The number of carbonyl (C=O) groups excluding carboxylic acids is 2. The van der Waals surface area contributed by atoms with Gasteiger partial charge in [-0.15, -0.1) is 0 Å². The van der Waals surface area contributed by atoms with E-state index in [1.165, 1.54) is 12.7 Å². The molecule has 27 heavy (non-hydrogen) atoms. The Kier molecular flexibility index (Phi) is 6.08. The van der Waals surface area contributed by atoms with Crippen molar-refractivity contribution in [1.82, 2.24) is 5.32 Å². The van der Waals surface area contributed by atoms with Crippen LogP contribution in [0.25, 0.3) is 0 Å². The smallest absolute Gasteiger partial charge is 0.365 e. The average Bonchev–Trinajstić information content (AvgIpc) is 2.71. The number of amides is 1. The summed E-state index contributed by atoms with van der Waals surface area (Å²) in [5.74, 6) is 0.416. The van der Waals surface area contributed by atoms with E-state index in [0.29, 0.717) is 19.5 Å². The van der Waals surface area contributed by atoms with Crippen LogP contribution in [0.15, 0.2) is 48.5 Å². The van der Waals surface area contributed by atoms with Crippen molar-refractivity contribution in [3.63, 3.8) is 0 Å². The molecule has 0 saturated carbocycles. The standard InChI is InChI=1S/C21H24N2O4/c1-26-18-9-7-15(8-10-18)12-22-20(24)14-23-13-17-6-4-3-5-16(17)11-19(23)21(25)27-2/h3-10,19H,11-14H2,1-2H3,(H,22,24)/p+1/t19-/m0/s1. The van der Waals surface area contributed by atoms with Crippen molar-refractivity contribution in [3.8, 4) is 5.75 Å². The van der Waals surface area contributed by atoms with E-state index < -0.39 is 0 Å². The molecule has 0 spiro atoms. The van der Waals surface area contributed by atoms with Crippen LogP contribution in [-0.4, -0.2) is 38.7 Å². The summed E-state index contributed by atoms with van der Waals surface area (Å²) in [7, 11) is 3.01. The first-order valence-electron chi connectivity index (χ1n) is 8.99. The summed E-state index contributed by atoms with van der Waals surface area (Å²) in [5.41, 5.74) is 3.32. The molecule has 0 aliphatic carbocycles. The highest BCUT2D eigenvalue weighted by molar-refractivity contribution is 5.78. The third-order valence-corrected chi connectivity index (χ3v) is 4.97. The lowest BCUT2D eigenvalue weighted by Gasteiger charge is -2.31. The molecule has 2 aromatic carbocycles. The van der Waals surface area contributed by atoms with Gasteiger partial charge in [0.15, 0.2) is 12.6 Å². The molecular weight excluding hydrogens is 344 g/mol. The largest absolute Gasteiger partial charge is 0.497 e. The van der Waals surface area contributed by atoms with Crippen molar-refractivity contribution in [1.29, 1.82) is 0 Å². The van der Waals surface area contributed by atoms with Gasteiger partial charge in [0.25, 0.3) is 5.91 Å². The van der Waals surface area contributed by atoms with Gasteiger partial charge in [0.05, 0.1) is 14.2 Å². The number of esters is 1. The van der Waals surface area contributed by atoms with Gasteiger partial charge in [-0.05, 0) is 23.3 Å². The molecule has 1 amide bonds. The van der Waals surface area contributed by atoms with Crippen LogP contribution in [0.1, 0.15) is 16.7 Å². The Morgan fingerprint density at radius 2 is 1.78 bits per heavy atom. The quantitative estimate of drug-likeness (QED) is 0.728. The maximum atomic E-state index is 12.5. The highest BCUT2D eigenvalue weighted by atomic mass is 16.5. The average molecular weight is 369 g/mol. The molecule has 0 fully saturated rings. The molecule has 2 N–H and O–H groups in total. The van der Waals surface area contributed by atoms with Gasteiger partial charge in [-0.2, -0.15) is 0 Å². The lowest BCUT2D eigenvalue weighted by atomic mass is 9.94. The Labute approximate surface area is 159 Å². The summed E-state index contributed by atoms with van der Waals surface area (Å²) in [6, 6.07) is 15.2. The number of carbonyl (C=O) groups is 2. The number of fused-ring (bicyclic) bond motifs is 1. The second kappa shape index (κ2) is 8.68. The fourth-order valence-corrected chi connectivity index (χ4v) is 3.45. The van der Waals surface area contributed by atoms with E-state index in [0.717, 1.165) is 21.8 Å². The highest BCUT2D eigenvalue weighted by Crippen LogP contribution is 2.14. The second-order valence-electron chi connectivity index (χ2n) is 6.69. The number of nitrogens with one attached hydrogen (secondary N) is 2. The maximum absolute atomic E-state index is 12.5. The van der Waals surface area contributed by atoms with E-state index in [1.54, 1.807) is 7.11 Å². The minimum atomic E-state index is -0.364. The van der Waals surface area contributed by atoms with Crippen LogP contribution in [0.5, 0.6) is 5.75 Å². The third kappa shape index (κ3) is 4.65. The van der Waals surface area contributed by atoms with Gasteiger partial charge in [0.1, 0.15) is 12.3 Å². The molecule has 0 radical (unpaired) electrons. The summed E-state index contributed by atoms with van der Waals surface area (Å²) in [6.45, 7) is 1.30. The van der Waals surface area contributed by atoms with Gasteiger partial charge in [-0.25, -0.2) is 4.79 Å². The Hall–Kier alpha value is -2.86. The van der Waals surface area contributed by atoms with E-state index in [9.17, 15) is 9.59 Å². The topological polar surface area (TPSA) is 69.1 Å². The molecule has 6 heteroatoms. The van der Waals surface area contributed by atoms with Crippen molar-refractivity contribution in [2.45, 2.75) is 25.6 Å². The summed E-state index contributed by atoms with van der Waals surface area (Å²) in [4.78, 5) is 25.6. The number of ether oxygens (including phenoxy) is 2. The van der Waals surface area contributed by atoms with Gasteiger partial charge in [-0.3, -0.25) is 4.79 Å². The zero-order chi connectivity index (χ0) is 19.2. The lowest BCUT2D eigenvalue weighted by Crippen LogP contribution is -3.17. The molecule has 142 valence electrons. The zero-order valence-electron chi connectivity index (χ0n) is 15.7. The molecule has 1 aliphatic heterocycles. The SMILES string of the molecule is COC(=O)[C@@H]1Cc2ccccc2C[NH+]1CC(=O)NCc1ccc(OC)cc1. The lowest BCUT2D eigenvalue weighted by molar-refractivity contribution is -0.924. The van der Waals surface area contributed by atoms with Crippen molar-refractivity contribution >= 4 is 11.9 Å². The third-order valence-electron chi connectivity index (χ3n) is 4.97. The van der Waals surface area contributed by atoms with E-state index in [2.05, 4.69) is 11.4 Å². The van der Waals surface area contributed by atoms with Crippen LogP contribution in [0.3, 0.4) is 0 Å². The number of benzene rings is 2. The first-order valence-corrected chi connectivity index (χ1v) is 8.99. The first-order chi connectivity index (χ1) is 13.1. The summed E-state index contributed by atoms with van der Waals surface area (Å²) in [5, 5.41) is 2.93. The number of methoxy groups -OCH3 is 2. The Morgan fingerprint density at radius 1 is 1.07 bits per heavy atom. The Morgan fingerprint density at radius 3 is 2.44 bits per heavy atom. The van der Waals surface area contributed by atoms with Gasteiger partial charge >= 0.3 is 5.97 Å². The molecule has 2 aromatic rings. The second-order valence-corrected chi connectivity index (χ2v) is 6.69. The van der Waals surface area contributed by atoms with Crippen molar-refractivity contribution in [2.24, 2.45) is 0 Å². The molecule has 2 atom stereocenters. The van der Waals surface area contributed by atoms with E-state index in [1.807, 2.05) is 42.5 Å².